The molecule has 0 atom stereocenters. The molecule has 0 fully saturated rings. The summed E-state index contributed by atoms with van der Waals surface area (Å²) in [6, 6.07) is 7.82. The van der Waals surface area contributed by atoms with E-state index in [4.69, 9.17) is 10.5 Å². The third kappa shape index (κ3) is 4.08. The van der Waals surface area contributed by atoms with E-state index < -0.39 is 5.97 Å². The van der Waals surface area contributed by atoms with Crippen molar-refractivity contribution in [3.05, 3.63) is 47.0 Å². The van der Waals surface area contributed by atoms with Gasteiger partial charge in [-0.25, -0.2) is 4.79 Å². The van der Waals surface area contributed by atoms with Crippen molar-refractivity contribution in [1.82, 2.24) is 0 Å². The lowest BCUT2D eigenvalue weighted by Gasteiger charge is -2.11. The minimum atomic E-state index is -0.445. The van der Waals surface area contributed by atoms with Crippen molar-refractivity contribution in [3.63, 3.8) is 0 Å². The van der Waals surface area contributed by atoms with E-state index in [1.165, 1.54) is 6.20 Å². The van der Waals surface area contributed by atoms with Crippen molar-refractivity contribution in [1.29, 1.82) is 0 Å². The third-order valence-corrected chi connectivity index (χ3v) is 3.48. The first-order valence-corrected chi connectivity index (χ1v) is 7.50. The highest BCUT2D eigenvalue weighted by atomic mass is 32.2. The molecule has 0 unspecified atom stereocenters. The van der Waals surface area contributed by atoms with Gasteiger partial charge in [0.25, 0.3) is 0 Å². The Morgan fingerprint density at radius 1 is 1.42 bits per heavy atom. The third-order valence-electron chi connectivity index (χ3n) is 2.48. The molecule has 0 aliphatic carbocycles. The topological polar surface area (TPSA) is 52.3 Å². The van der Waals surface area contributed by atoms with Gasteiger partial charge in [0, 0.05) is 16.7 Å². The number of thiol groups is 1. The molecule has 0 aromatic heterocycles. The largest absolute Gasteiger partial charge is 0.462 e. The Morgan fingerprint density at radius 3 is 2.47 bits per heavy atom. The van der Waals surface area contributed by atoms with Crippen LogP contribution >= 0.6 is 24.4 Å². The Morgan fingerprint density at radius 2 is 2.05 bits per heavy atom. The van der Waals surface area contributed by atoms with E-state index in [2.05, 4.69) is 12.6 Å². The van der Waals surface area contributed by atoms with Crippen LogP contribution in [0.3, 0.4) is 0 Å². The fraction of sp³-hybridized carbons (Fsp3) is 0.214. The lowest BCUT2D eigenvalue weighted by molar-refractivity contribution is -0.137. The molecule has 1 aromatic carbocycles. The molecule has 0 saturated carbocycles. The van der Waals surface area contributed by atoms with E-state index in [0.717, 1.165) is 10.5 Å². The average molecular weight is 295 g/mol. The van der Waals surface area contributed by atoms with Crippen LogP contribution in [0.4, 0.5) is 0 Å². The van der Waals surface area contributed by atoms with Crippen LogP contribution in [0.2, 0.25) is 0 Å². The lowest BCUT2D eigenvalue weighted by Crippen LogP contribution is -2.11. The Balaban J connectivity index is 3.08. The van der Waals surface area contributed by atoms with Gasteiger partial charge in [-0.05, 0) is 36.3 Å². The molecule has 0 aliphatic rings. The van der Waals surface area contributed by atoms with Gasteiger partial charge in [0.15, 0.2) is 0 Å². The smallest absolute Gasteiger partial charge is 0.340 e. The van der Waals surface area contributed by atoms with Crippen LogP contribution in [-0.4, -0.2) is 18.8 Å². The number of benzene rings is 1. The number of esters is 1. The number of nitrogens with two attached hydrogens (primary N) is 1. The van der Waals surface area contributed by atoms with E-state index in [-0.39, 0.29) is 0 Å². The first-order valence-electron chi connectivity index (χ1n) is 5.76. The van der Waals surface area contributed by atoms with Crippen LogP contribution in [0.15, 0.2) is 46.3 Å². The molecule has 0 heterocycles. The first kappa shape index (κ1) is 15.7. The Hall–Kier alpha value is -1.33. The number of hydrogen-bond donors (Lipinski definition) is 2. The van der Waals surface area contributed by atoms with Crippen molar-refractivity contribution in [3.8, 4) is 0 Å². The maximum Gasteiger partial charge on any atom is 0.340 e. The molecule has 0 amide bonds. The fourth-order valence-electron chi connectivity index (χ4n) is 1.55. The van der Waals surface area contributed by atoms with Crippen LogP contribution in [0.5, 0.6) is 0 Å². The average Bonchev–Trinajstić information content (AvgIpc) is 2.45. The Labute approximate surface area is 123 Å². The predicted octanol–water partition coefficient (Wildman–Crippen LogP) is 3.08. The molecule has 0 radical (unpaired) electrons. The molecule has 1 aromatic rings. The quantitative estimate of drug-likeness (QED) is 0.288. The van der Waals surface area contributed by atoms with Crippen LogP contribution < -0.4 is 5.73 Å². The van der Waals surface area contributed by atoms with Gasteiger partial charge in [0.2, 0.25) is 0 Å². The number of thioether (sulfide) groups is 1. The van der Waals surface area contributed by atoms with Gasteiger partial charge in [0.1, 0.15) is 0 Å². The minimum absolute atomic E-state index is 0.307. The molecule has 0 aliphatic heterocycles. The standard InChI is InChI=1S/C14H17NO2S2/c1-3-17-14(16)12(8-15)13(9-18)10-4-6-11(19-2)7-5-10/h4-9,18H,3,15H2,1-2H3/b12-8-,13-9-. The number of rotatable bonds is 5. The van der Waals surface area contributed by atoms with Gasteiger partial charge in [-0.2, -0.15) is 12.6 Å². The van der Waals surface area contributed by atoms with E-state index in [1.807, 2.05) is 30.5 Å². The van der Waals surface area contributed by atoms with Gasteiger partial charge < -0.3 is 10.5 Å². The summed E-state index contributed by atoms with van der Waals surface area (Å²) in [4.78, 5) is 13.0. The van der Waals surface area contributed by atoms with Gasteiger partial charge in [-0.15, -0.1) is 11.8 Å². The fourth-order valence-corrected chi connectivity index (χ4v) is 2.24. The Bertz CT molecular complexity index is 493. The summed E-state index contributed by atoms with van der Waals surface area (Å²) in [5.74, 6) is -0.445. The second-order valence-electron chi connectivity index (χ2n) is 3.57. The maximum atomic E-state index is 11.8. The van der Waals surface area contributed by atoms with E-state index in [9.17, 15) is 4.79 Å². The van der Waals surface area contributed by atoms with Crippen molar-refractivity contribution >= 4 is 35.9 Å². The van der Waals surface area contributed by atoms with Gasteiger partial charge in [-0.1, -0.05) is 12.1 Å². The summed E-state index contributed by atoms with van der Waals surface area (Å²) in [7, 11) is 0. The molecule has 3 nitrogen and oxygen atoms in total. The number of hydrogen-bond acceptors (Lipinski definition) is 5. The highest BCUT2D eigenvalue weighted by molar-refractivity contribution is 7.98. The SMILES string of the molecule is CCOC(=O)C(=C\N)/C(=C\S)c1ccc(SC)cc1. The lowest BCUT2D eigenvalue weighted by atomic mass is 10.0. The molecule has 0 spiro atoms. The van der Waals surface area contributed by atoms with Crippen molar-refractivity contribution < 1.29 is 9.53 Å². The normalized spacial score (nSPS) is 12.4. The van der Waals surface area contributed by atoms with Gasteiger partial charge in [-0.3, -0.25) is 0 Å². The van der Waals surface area contributed by atoms with Crippen molar-refractivity contribution in [2.24, 2.45) is 5.73 Å². The molecular weight excluding hydrogens is 278 g/mol. The summed E-state index contributed by atoms with van der Waals surface area (Å²) in [6.07, 6.45) is 3.26. The summed E-state index contributed by atoms with van der Waals surface area (Å²) in [5, 5.41) is 1.56. The molecule has 0 bridgehead atoms. The second kappa shape index (κ2) is 7.96. The zero-order valence-electron chi connectivity index (χ0n) is 10.9. The zero-order valence-corrected chi connectivity index (χ0v) is 12.6. The monoisotopic (exact) mass is 295 g/mol. The van der Waals surface area contributed by atoms with E-state index in [0.29, 0.717) is 17.8 Å². The summed E-state index contributed by atoms with van der Waals surface area (Å²) >= 11 is 5.82. The van der Waals surface area contributed by atoms with Gasteiger partial charge >= 0.3 is 5.97 Å². The molecule has 19 heavy (non-hydrogen) atoms. The van der Waals surface area contributed by atoms with Crippen LogP contribution in [-0.2, 0) is 9.53 Å². The minimum Gasteiger partial charge on any atom is -0.462 e. The van der Waals surface area contributed by atoms with Crippen molar-refractivity contribution in [2.45, 2.75) is 11.8 Å². The maximum absolute atomic E-state index is 11.8. The number of carbonyl (C=O) groups is 1. The molecular formula is C14H17NO2S2. The molecule has 102 valence electrons. The molecule has 0 saturated heterocycles. The number of carbonyl (C=O) groups excluding carboxylic acids is 1. The van der Waals surface area contributed by atoms with Crippen LogP contribution in [0, 0.1) is 0 Å². The highest BCUT2D eigenvalue weighted by Gasteiger charge is 2.16. The number of ether oxygens (including phenoxy) is 1. The van der Waals surface area contributed by atoms with Crippen molar-refractivity contribution in [2.75, 3.05) is 12.9 Å². The molecule has 2 N–H and O–H groups in total. The van der Waals surface area contributed by atoms with E-state index >= 15 is 0 Å². The Kier molecular flexibility index (Phi) is 6.59. The molecule has 1 rings (SSSR count). The highest BCUT2D eigenvalue weighted by Crippen LogP contribution is 2.26. The summed E-state index contributed by atoms with van der Waals surface area (Å²) < 4.78 is 4.98. The van der Waals surface area contributed by atoms with E-state index in [1.54, 1.807) is 24.1 Å². The predicted molar refractivity (Wildman–Crippen MR) is 84.1 cm³/mol. The molecule has 5 heteroatoms. The summed E-state index contributed by atoms with van der Waals surface area (Å²) in [5.41, 5.74) is 7.37. The van der Waals surface area contributed by atoms with Gasteiger partial charge in [0.05, 0.1) is 12.2 Å². The van der Waals surface area contributed by atoms with Crippen LogP contribution in [0.1, 0.15) is 12.5 Å². The second-order valence-corrected chi connectivity index (χ2v) is 4.71. The van der Waals surface area contributed by atoms with Crippen LogP contribution in [0.25, 0.3) is 5.57 Å². The zero-order chi connectivity index (χ0) is 14.3. The first-order chi connectivity index (χ1) is 9.17. The summed E-state index contributed by atoms with van der Waals surface area (Å²) in [6.45, 7) is 2.06.